The van der Waals surface area contributed by atoms with Crippen molar-refractivity contribution in [3.05, 3.63) is 109 Å². The first-order valence-corrected chi connectivity index (χ1v) is 28.7. The molecule has 7 N–H and O–H groups in total. The average molecular weight is 1180 g/mol. The van der Waals surface area contributed by atoms with Gasteiger partial charge in [-0.15, -0.1) is 0 Å². The molecule has 458 valence electrons. The van der Waals surface area contributed by atoms with Crippen LogP contribution in [-0.2, 0) is 4.74 Å². The number of H-pyrrole nitrogens is 3. The quantitative estimate of drug-likeness (QED) is 0.0670. The Bertz CT molecular complexity index is 3660. The number of aromatic nitrogens is 12. The molecule has 4 aliphatic rings. The Labute approximate surface area is 497 Å². The number of ether oxygens (including phenoxy) is 1. The highest BCUT2D eigenvalue weighted by atomic mass is 19.1. The predicted molar refractivity (Wildman–Crippen MR) is 330 cm³/mol. The number of hydrogen-bond acceptors (Lipinski definition) is 19. The Kier molecular flexibility index (Phi) is 16.6. The molecule has 0 aromatic carbocycles. The van der Waals surface area contributed by atoms with Crippen molar-refractivity contribution in [2.75, 3.05) is 101 Å². The van der Waals surface area contributed by atoms with E-state index in [0.29, 0.717) is 90.9 Å². The highest BCUT2D eigenvalue weighted by molar-refractivity contribution is 5.91. The molecule has 85 heavy (non-hydrogen) atoms. The second-order valence-electron chi connectivity index (χ2n) is 23.6. The number of rotatable bonds is 11. The molecule has 0 saturated carbocycles. The minimum Gasteiger partial charge on any atom is -0.388 e. The molecule has 9 aromatic rings. The first kappa shape index (κ1) is 59.0. The number of nitrogens with zero attached hydrogens (tertiary/aromatic N) is 14. The first-order chi connectivity index (χ1) is 40.7. The molecule has 5 unspecified atom stereocenters. The number of piperazine rings is 3. The summed E-state index contributed by atoms with van der Waals surface area (Å²) in [5, 5.41) is 59.2. The third-order valence-electron chi connectivity index (χ3n) is 17.7. The summed E-state index contributed by atoms with van der Waals surface area (Å²) in [5.41, 5.74) is 1.25. The van der Waals surface area contributed by atoms with E-state index < -0.39 is 34.3 Å². The third kappa shape index (κ3) is 11.7. The van der Waals surface area contributed by atoms with E-state index >= 15 is 0 Å². The van der Waals surface area contributed by atoms with Crippen molar-refractivity contribution in [3.63, 3.8) is 0 Å². The number of fused-ring (bicyclic) bond motifs is 3. The van der Waals surface area contributed by atoms with Crippen LogP contribution in [0.5, 0.6) is 0 Å². The molecule has 13 rings (SSSR count). The van der Waals surface area contributed by atoms with E-state index in [1.165, 1.54) is 18.2 Å². The van der Waals surface area contributed by atoms with E-state index in [2.05, 4.69) is 90.3 Å². The van der Waals surface area contributed by atoms with Crippen LogP contribution in [0, 0.1) is 29.3 Å². The van der Waals surface area contributed by atoms with Gasteiger partial charge in [0.25, 0.3) is 0 Å². The van der Waals surface area contributed by atoms with E-state index in [0.717, 1.165) is 48.9 Å². The number of aliphatic hydroxyl groups is 3. The van der Waals surface area contributed by atoms with Gasteiger partial charge in [0.15, 0.2) is 34.4 Å². The maximum Gasteiger partial charge on any atom is 0.181 e. The fraction of sp³-hybridized carbons (Fsp3) is 0.450. The molecule has 9 aromatic heterocycles. The number of halogens is 3. The van der Waals surface area contributed by atoms with E-state index in [-0.39, 0.29) is 54.2 Å². The van der Waals surface area contributed by atoms with Gasteiger partial charge in [-0.3, -0.25) is 25.1 Å². The smallest absolute Gasteiger partial charge is 0.181 e. The number of anilines is 3. The molecule has 4 aliphatic heterocycles. The van der Waals surface area contributed by atoms with Crippen molar-refractivity contribution in [2.45, 2.75) is 76.5 Å². The van der Waals surface area contributed by atoms with E-state index in [1.807, 2.05) is 73.8 Å². The summed E-state index contributed by atoms with van der Waals surface area (Å²) in [5.74, 6) is 0.993. The van der Waals surface area contributed by atoms with E-state index in [9.17, 15) is 28.5 Å². The van der Waals surface area contributed by atoms with Crippen LogP contribution in [-0.4, -0.2) is 207 Å². The molecular weight excluding hydrogens is 1090 g/mol. The van der Waals surface area contributed by atoms with Crippen LogP contribution in [0.1, 0.15) is 48.7 Å². The Hall–Kier alpha value is -7.78. The van der Waals surface area contributed by atoms with Gasteiger partial charge in [0, 0.05) is 101 Å². The number of likely N-dealkylation sites (N-methyl/N-ethyl adjacent to an activating group) is 2. The summed E-state index contributed by atoms with van der Waals surface area (Å²) >= 11 is 0. The molecular formula is C60H83F3N18O4. The molecule has 4 fully saturated rings. The highest BCUT2D eigenvalue weighted by Crippen LogP contribution is 2.35. The van der Waals surface area contributed by atoms with Gasteiger partial charge in [-0.2, -0.15) is 15.3 Å². The zero-order valence-corrected chi connectivity index (χ0v) is 49.0. The second kappa shape index (κ2) is 23.9. The molecule has 4 saturated heterocycles. The molecule has 0 spiro atoms. The normalized spacial score (nSPS) is 20.9. The summed E-state index contributed by atoms with van der Waals surface area (Å²) in [6, 6.07) is 20.0. The lowest BCUT2D eigenvalue weighted by molar-refractivity contribution is -0.194. The zero-order chi connectivity index (χ0) is 60.0. The Morgan fingerprint density at radius 1 is 0.553 bits per heavy atom. The first-order valence-electron chi connectivity index (χ1n) is 28.7. The number of aromatic amines is 3. The topological polar surface area (TPSA) is 262 Å². The number of hydrogen-bond donors (Lipinski definition) is 7. The van der Waals surface area contributed by atoms with Gasteiger partial charge < -0.3 is 40.1 Å². The van der Waals surface area contributed by atoms with Crippen molar-refractivity contribution in [3.8, 4) is 34.2 Å². The van der Waals surface area contributed by atoms with Crippen molar-refractivity contribution < 1.29 is 40.4 Å². The molecule has 0 aliphatic carbocycles. The van der Waals surface area contributed by atoms with Crippen LogP contribution in [0.3, 0.4) is 0 Å². The van der Waals surface area contributed by atoms with Gasteiger partial charge in [-0.1, -0.05) is 27.7 Å². The lowest BCUT2D eigenvalue weighted by Gasteiger charge is -2.48. The Balaban J connectivity index is 0.000000209. The average Bonchev–Trinajstić information content (AvgIpc) is 1.25. The maximum absolute atomic E-state index is 14.7. The number of nitrogens with one attached hydrogen (secondary N) is 4. The van der Waals surface area contributed by atoms with Crippen molar-refractivity contribution in [2.24, 2.45) is 11.8 Å². The predicted octanol–water partition coefficient (Wildman–Crippen LogP) is 7.30. The molecule has 0 amide bonds. The lowest BCUT2D eigenvalue weighted by atomic mass is 9.83. The SMILES string of the molecule is CC(C)C(C)(O)C1CN(c2ccc(F)c(-c3[nH]nc4ncccc34)n2)CCN1C.CC(C)C(C)(O)C1CN(c2ccc(F)c(-c3[nH]nc4ncccc34)n2)CCN1C.OC1(C2CN(c3ccc(F)c(-c4[nH]nc5ncccc45)n3)CCN2)COC1.[HH].[HH].[HH].[HH].[HH]. The van der Waals surface area contributed by atoms with Crippen LogP contribution in [0.25, 0.3) is 67.3 Å². The summed E-state index contributed by atoms with van der Waals surface area (Å²) in [7, 11) is 4.07. The second-order valence-corrected chi connectivity index (χ2v) is 23.6. The monoisotopic (exact) mass is 1180 g/mol. The minimum atomic E-state index is -0.854. The zero-order valence-electron chi connectivity index (χ0n) is 49.0. The van der Waals surface area contributed by atoms with Crippen molar-refractivity contribution >= 4 is 50.6 Å². The Morgan fingerprint density at radius 3 is 1.26 bits per heavy atom. The van der Waals surface area contributed by atoms with E-state index in [4.69, 9.17) is 4.74 Å². The van der Waals surface area contributed by atoms with Gasteiger partial charge in [0.05, 0.1) is 59.6 Å². The van der Waals surface area contributed by atoms with Gasteiger partial charge in [0.2, 0.25) is 0 Å². The lowest BCUT2D eigenvalue weighted by Crippen LogP contribution is -2.69. The van der Waals surface area contributed by atoms with Gasteiger partial charge in [-0.05, 0) is 113 Å². The van der Waals surface area contributed by atoms with E-state index in [1.54, 1.807) is 55.0 Å². The fourth-order valence-electron chi connectivity index (χ4n) is 11.5. The summed E-state index contributed by atoms with van der Waals surface area (Å²) in [4.78, 5) is 37.0. The van der Waals surface area contributed by atoms with Gasteiger partial charge >= 0.3 is 0 Å². The summed E-state index contributed by atoms with van der Waals surface area (Å²) in [6.45, 7) is 18.8. The van der Waals surface area contributed by atoms with Crippen molar-refractivity contribution in [1.82, 2.24) is 75.6 Å². The Morgan fingerprint density at radius 2 is 0.918 bits per heavy atom. The molecule has 5 atom stereocenters. The van der Waals surface area contributed by atoms with Crippen LogP contribution in [0.2, 0.25) is 0 Å². The largest absolute Gasteiger partial charge is 0.388 e. The van der Waals surface area contributed by atoms with Crippen LogP contribution >= 0.6 is 0 Å². The fourth-order valence-corrected chi connectivity index (χ4v) is 11.5. The third-order valence-corrected chi connectivity index (χ3v) is 17.7. The summed E-state index contributed by atoms with van der Waals surface area (Å²) in [6.07, 6.45) is 4.94. The van der Waals surface area contributed by atoms with Crippen molar-refractivity contribution in [1.29, 1.82) is 0 Å². The van der Waals surface area contributed by atoms with Gasteiger partial charge in [-0.25, -0.2) is 43.1 Å². The van der Waals surface area contributed by atoms with Crippen LogP contribution < -0.4 is 20.0 Å². The van der Waals surface area contributed by atoms with Crippen LogP contribution in [0.4, 0.5) is 30.6 Å². The van der Waals surface area contributed by atoms with Gasteiger partial charge in [0.1, 0.15) is 40.1 Å². The maximum atomic E-state index is 14.7. The molecule has 0 radical (unpaired) electrons. The molecule has 25 heteroatoms. The molecule has 13 heterocycles. The molecule has 0 bridgehead atoms. The van der Waals surface area contributed by atoms with Crippen LogP contribution in [0.15, 0.2) is 91.4 Å². The number of pyridine rings is 6. The molecule has 22 nitrogen and oxygen atoms in total. The highest BCUT2D eigenvalue weighted by Gasteiger charge is 2.46. The minimum absolute atomic E-state index is 0. The standard InChI is InChI=1S/2C21H27FN6O.C18H19FN6O2.5H2/c2*1-13(2)21(3,29)16-12-28(11-10-27(16)4)17-8-7-15(22)19(24-17)18-14-6-5-9-23-20(14)26-25-18;19-12-3-4-14(25-7-6-20-13(8-25)18(26)9-27-10-18)22-16(12)15-11-2-1-5-21-17(11)24-23-15;;;;;/h2*5-9,13,16,29H,10-12H2,1-4H3,(H,23,25,26);1-5,13,20,26H,6-10H2,(H,21,23,24);5*1H. The summed E-state index contributed by atoms with van der Waals surface area (Å²) < 4.78 is 49.0.